The summed E-state index contributed by atoms with van der Waals surface area (Å²) >= 11 is 1.36. The molecular weight excluding hydrogens is 396 g/mol. The number of hydrogen-bond donors (Lipinski definition) is 1. The van der Waals surface area contributed by atoms with Crippen molar-refractivity contribution in [1.29, 1.82) is 0 Å². The van der Waals surface area contributed by atoms with E-state index in [9.17, 15) is 13.2 Å². The van der Waals surface area contributed by atoms with Gasteiger partial charge in [0.05, 0.1) is 27.5 Å². The van der Waals surface area contributed by atoms with Crippen LogP contribution in [-0.4, -0.2) is 31.7 Å². The molecule has 1 heterocycles. The Hall–Kier alpha value is -2.45. The van der Waals surface area contributed by atoms with Gasteiger partial charge in [-0.1, -0.05) is 29.0 Å². The topological polar surface area (TPSA) is 85.4 Å². The van der Waals surface area contributed by atoms with Crippen molar-refractivity contribution in [2.45, 2.75) is 31.6 Å². The first-order chi connectivity index (χ1) is 13.4. The van der Waals surface area contributed by atoms with Crippen LogP contribution in [0.4, 0.5) is 5.13 Å². The van der Waals surface area contributed by atoms with E-state index in [1.165, 1.54) is 11.3 Å². The molecule has 1 amide bonds. The second kappa shape index (κ2) is 8.70. The van der Waals surface area contributed by atoms with Gasteiger partial charge in [0.15, 0.2) is 15.0 Å². The second-order valence-corrected chi connectivity index (χ2v) is 9.51. The summed E-state index contributed by atoms with van der Waals surface area (Å²) in [5.74, 6) is 0.446. The van der Waals surface area contributed by atoms with E-state index in [1.54, 1.807) is 24.3 Å². The van der Waals surface area contributed by atoms with Crippen LogP contribution in [0.1, 0.15) is 25.3 Å². The molecule has 0 radical (unpaired) electrons. The number of nitrogens with one attached hydrogen (secondary N) is 1. The first-order valence-corrected chi connectivity index (χ1v) is 11.5. The Balaban J connectivity index is 1.55. The number of amides is 1. The van der Waals surface area contributed by atoms with Gasteiger partial charge in [0.25, 0.3) is 0 Å². The molecule has 0 aliphatic rings. The van der Waals surface area contributed by atoms with E-state index in [0.29, 0.717) is 11.7 Å². The van der Waals surface area contributed by atoms with Gasteiger partial charge in [0.1, 0.15) is 5.75 Å². The molecule has 0 saturated carbocycles. The summed E-state index contributed by atoms with van der Waals surface area (Å²) in [4.78, 5) is 16.8. The maximum absolute atomic E-state index is 12.3. The van der Waals surface area contributed by atoms with E-state index in [4.69, 9.17) is 4.74 Å². The first-order valence-electron chi connectivity index (χ1n) is 9.00. The molecule has 1 aromatic heterocycles. The number of benzene rings is 2. The molecule has 2 aromatic carbocycles. The summed E-state index contributed by atoms with van der Waals surface area (Å²) < 4.78 is 31.1. The molecule has 0 bridgehead atoms. The molecule has 6 nitrogen and oxygen atoms in total. The van der Waals surface area contributed by atoms with Crippen LogP contribution in [0.25, 0.3) is 10.2 Å². The van der Waals surface area contributed by atoms with Gasteiger partial charge in [-0.15, -0.1) is 0 Å². The molecule has 3 aromatic rings. The Morgan fingerprint density at radius 3 is 2.64 bits per heavy atom. The molecule has 0 atom stereocenters. The first kappa shape index (κ1) is 20.3. The maximum Gasteiger partial charge on any atom is 0.226 e. The second-order valence-electron chi connectivity index (χ2n) is 6.37. The van der Waals surface area contributed by atoms with Crippen molar-refractivity contribution in [2.75, 3.05) is 17.7 Å². The predicted octanol–water partition coefficient (Wildman–Crippen LogP) is 4.20. The lowest BCUT2D eigenvalue weighted by Gasteiger charge is -2.05. The molecule has 0 unspecified atom stereocenters. The van der Waals surface area contributed by atoms with Crippen LogP contribution in [-0.2, 0) is 14.6 Å². The van der Waals surface area contributed by atoms with Crippen LogP contribution in [0.15, 0.2) is 47.4 Å². The van der Waals surface area contributed by atoms with Gasteiger partial charge in [-0.25, -0.2) is 13.4 Å². The summed E-state index contributed by atoms with van der Waals surface area (Å²) in [6.07, 6.45) is 0.368. The number of carbonyl (C=O) groups excluding carboxylic acids is 1. The van der Waals surface area contributed by atoms with Crippen LogP contribution in [0, 0.1) is 6.92 Å². The number of ether oxygens (including phenoxy) is 1. The molecule has 8 heteroatoms. The monoisotopic (exact) mass is 418 g/mol. The van der Waals surface area contributed by atoms with Crippen molar-refractivity contribution < 1.29 is 17.9 Å². The Kier molecular flexibility index (Phi) is 6.31. The zero-order valence-corrected chi connectivity index (χ0v) is 17.4. The maximum atomic E-state index is 12.3. The summed E-state index contributed by atoms with van der Waals surface area (Å²) in [6.45, 7) is 4.40. The third-order valence-electron chi connectivity index (χ3n) is 4.11. The lowest BCUT2D eigenvalue weighted by molar-refractivity contribution is -0.116. The van der Waals surface area contributed by atoms with Gasteiger partial charge in [0, 0.05) is 6.42 Å². The Morgan fingerprint density at radius 1 is 1.18 bits per heavy atom. The summed E-state index contributed by atoms with van der Waals surface area (Å²) in [5.41, 5.74) is 1.79. The van der Waals surface area contributed by atoms with E-state index in [1.807, 2.05) is 32.0 Å². The fourth-order valence-corrected chi connectivity index (χ4v) is 4.90. The zero-order valence-electron chi connectivity index (χ0n) is 15.8. The predicted molar refractivity (Wildman–Crippen MR) is 112 cm³/mol. The van der Waals surface area contributed by atoms with Crippen molar-refractivity contribution in [1.82, 2.24) is 4.98 Å². The normalized spacial score (nSPS) is 11.5. The smallest absolute Gasteiger partial charge is 0.226 e. The number of sulfone groups is 1. The number of carbonyl (C=O) groups is 1. The number of anilines is 1. The van der Waals surface area contributed by atoms with Crippen molar-refractivity contribution in [2.24, 2.45) is 0 Å². The number of fused-ring (bicyclic) bond motifs is 1. The van der Waals surface area contributed by atoms with Crippen LogP contribution in [0.5, 0.6) is 5.75 Å². The molecular formula is C20H22N2O4S2. The molecule has 28 heavy (non-hydrogen) atoms. The SMILES string of the molecule is CCOc1ccc2nc(NC(=O)CCCS(=O)(=O)c3ccc(C)cc3)sc2c1. The zero-order chi connectivity index (χ0) is 20.1. The number of rotatable bonds is 8. The van der Waals surface area contributed by atoms with E-state index < -0.39 is 9.84 Å². The Bertz CT molecular complexity index is 1070. The van der Waals surface area contributed by atoms with E-state index in [-0.39, 0.29) is 29.4 Å². The minimum Gasteiger partial charge on any atom is -0.494 e. The molecule has 3 rings (SSSR count). The van der Waals surface area contributed by atoms with Crippen LogP contribution in [0.2, 0.25) is 0 Å². The van der Waals surface area contributed by atoms with Crippen molar-refractivity contribution in [3.63, 3.8) is 0 Å². The van der Waals surface area contributed by atoms with Crippen LogP contribution in [0.3, 0.4) is 0 Å². The lowest BCUT2D eigenvalue weighted by atomic mass is 10.2. The lowest BCUT2D eigenvalue weighted by Crippen LogP contribution is -2.14. The largest absolute Gasteiger partial charge is 0.494 e. The fourth-order valence-electron chi connectivity index (χ4n) is 2.68. The Morgan fingerprint density at radius 2 is 1.93 bits per heavy atom. The van der Waals surface area contributed by atoms with E-state index in [0.717, 1.165) is 21.5 Å². The third-order valence-corrected chi connectivity index (χ3v) is 6.86. The van der Waals surface area contributed by atoms with Crippen molar-refractivity contribution >= 4 is 42.4 Å². The van der Waals surface area contributed by atoms with Crippen molar-refractivity contribution in [3.05, 3.63) is 48.0 Å². The standard InChI is InChI=1S/C20H22N2O4S2/c1-3-26-15-8-11-17-18(13-15)27-20(21-17)22-19(23)5-4-12-28(24,25)16-9-6-14(2)7-10-16/h6-11,13H,3-5,12H2,1-2H3,(H,21,22,23). The highest BCUT2D eigenvalue weighted by Gasteiger charge is 2.15. The summed E-state index contributed by atoms with van der Waals surface area (Å²) in [7, 11) is -3.38. The highest BCUT2D eigenvalue weighted by molar-refractivity contribution is 7.91. The van der Waals surface area contributed by atoms with E-state index >= 15 is 0 Å². The van der Waals surface area contributed by atoms with Gasteiger partial charge in [0.2, 0.25) is 5.91 Å². The third kappa shape index (κ3) is 5.08. The summed E-state index contributed by atoms with van der Waals surface area (Å²) in [5, 5.41) is 3.24. The number of aromatic nitrogens is 1. The summed E-state index contributed by atoms with van der Waals surface area (Å²) in [6, 6.07) is 12.3. The van der Waals surface area contributed by atoms with Gasteiger partial charge >= 0.3 is 0 Å². The minimum atomic E-state index is -3.38. The van der Waals surface area contributed by atoms with Gasteiger partial charge < -0.3 is 10.1 Å². The van der Waals surface area contributed by atoms with E-state index in [2.05, 4.69) is 10.3 Å². The number of thiazole rings is 1. The molecule has 1 N–H and O–H groups in total. The van der Waals surface area contributed by atoms with Crippen LogP contribution >= 0.6 is 11.3 Å². The number of hydrogen-bond acceptors (Lipinski definition) is 6. The van der Waals surface area contributed by atoms with Crippen molar-refractivity contribution in [3.8, 4) is 5.75 Å². The minimum absolute atomic E-state index is 0.0684. The van der Waals surface area contributed by atoms with Crippen LogP contribution < -0.4 is 10.1 Å². The number of nitrogens with zero attached hydrogens (tertiary/aromatic N) is 1. The quantitative estimate of drug-likeness (QED) is 0.593. The number of aryl methyl sites for hydroxylation is 1. The average molecular weight is 419 g/mol. The molecule has 0 fully saturated rings. The molecule has 0 aliphatic carbocycles. The molecule has 148 valence electrons. The molecule has 0 aliphatic heterocycles. The highest BCUT2D eigenvalue weighted by Crippen LogP contribution is 2.29. The average Bonchev–Trinajstić information content (AvgIpc) is 3.03. The molecule has 0 spiro atoms. The van der Waals surface area contributed by atoms with Gasteiger partial charge in [-0.3, -0.25) is 4.79 Å². The van der Waals surface area contributed by atoms with Gasteiger partial charge in [-0.2, -0.15) is 0 Å². The highest BCUT2D eigenvalue weighted by atomic mass is 32.2. The Labute approximate surface area is 168 Å². The fraction of sp³-hybridized carbons (Fsp3) is 0.300. The van der Waals surface area contributed by atoms with Gasteiger partial charge in [-0.05, 0) is 50.6 Å². The molecule has 0 saturated heterocycles.